The van der Waals surface area contributed by atoms with Crippen molar-refractivity contribution < 1.29 is 48.6 Å². The fraction of sp³-hybridized carbons (Fsp3) is 0.926. The Kier molecular flexibility index (Phi) is 14.9. The maximum absolute atomic E-state index is 12.5. The Hall–Kier alpha value is -1.30. The minimum absolute atomic E-state index is 0.175. The third-order valence-electron chi connectivity index (χ3n) is 6.79. The van der Waals surface area contributed by atoms with E-state index in [0.717, 1.165) is 44.9 Å². The van der Waals surface area contributed by atoms with Crippen molar-refractivity contribution in [2.45, 2.75) is 140 Å². The maximum atomic E-state index is 12.5. The Morgan fingerprint density at radius 2 is 1.35 bits per heavy atom. The molecule has 0 bridgehead atoms. The monoisotopic (exact) mass is 532 g/mol. The Bertz CT molecular complexity index is 659. The van der Waals surface area contributed by atoms with Crippen LogP contribution in [-0.2, 0) is 33.3 Å². The third-order valence-corrected chi connectivity index (χ3v) is 6.79. The summed E-state index contributed by atoms with van der Waals surface area (Å²) in [5, 5.41) is 29.6. The predicted octanol–water partition coefficient (Wildman–Crippen LogP) is 3.12. The molecule has 2 heterocycles. The van der Waals surface area contributed by atoms with Crippen LogP contribution in [0.1, 0.15) is 104 Å². The Balaban J connectivity index is 1.80. The van der Waals surface area contributed by atoms with Crippen LogP contribution in [0, 0.1) is 0 Å². The summed E-state index contributed by atoms with van der Waals surface area (Å²) in [4.78, 5) is 24.6. The molecule has 0 saturated carbocycles. The van der Waals surface area contributed by atoms with Crippen molar-refractivity contribution in [3.8, 4) is 0 Å². The highest BCUT2D eigenvalue weighted by Crippen LogP contribution is 2.47. The minimum atomic E-state index is -1.64. The molecule has 37 heavy (non-hydrogen) atoms. The van der Waals surface area contributed by atoms with Crippen molar-refractivity contribution in [3.63, 3.8) is 0 Å². The molecule has 0 aromatic carbocycles. The lowest BCUT2D eigenvalue weighted by atomic mass is 10.0. The lowest BCUT2D eigenvalue weighted by molar-refractivity contribution is -0.294. The van der Waals surface area contributed by atoms with Crippen molar-refractivity contribution in [1.29, 1.82) is 0 Å². The number of carbonyl (C=O) groups excluding carboxylic acids is 2. The second kappa shape index (κ2) is 17.3. The molecule has 0 amide bonds. The fourth-order valence-electron chi connectivity index (χ4n) is 4.42. The van der Waals surface area contributed by atoms with E-state index < -0.39 is 49.1 Å². The first kappa shape index (κ1) is 31.9. The molecule has 2 fully saturated rings. The molecule has 0 aromatic heterocycles. The topological polar surface area (TPSA) is 144 Å². The summed E-state index contributed by atoms with van der Waals surface area (Å²) in [6.07, 6.45) is 7.71. The molecule has 2 rings (SSSR count). The number of unbranched alkanes of at least 4 members (excludes halogenated alkanes) is 10. The van der Waals surface area contributed by atoms with Gasteiger partial charge in [0.05, 0.1) is 13.2 Å². The maximum Gasteiger partial charge on any atom is 0.315 e. The number of aliphatic hydroxyl groups excluding tert-OH is 3. The molecule has 3 N–H and O–H groups in total. The summed E-state index contributed by atoms with van der Waals surface area (Å²) >= 11 is 0. The minimum Gasteiger partial charge on any atom is -0.462 e. The van der Waals surface area contributed by atoms with Gasteiger partial charge in [0.15, 0.2) is 12.2 Å². The summed E-state index contributed by atoms with van der Waals surface area (Å²) < 4.78 is 27.4. The van der Waals surface area contributed by atoms with Crippen LogP contribution in [0.3, 0.4) is 0 Å². The number of rotatable bonds is 21. The van der Waals surface area contributed by atoms with Gasteiger partial charge in [0.25, 0.3) is 0 Å². The molecule has 2 aliphatic rings. The first-order chi connectivity index (χ1) is 17.9. The van der Waals surface area contributed by atoms with Gasteiger partial charge in [-0.25, -0.2) is 0 Å². The number of esters is 2. The van der Waals surface area contributed by atoms with E-state index in [-0.39, 0.29) is 25.6 Å². The van der Waals surface area contributed by atoms with Crippen LogP contribution in [0.2, 0.25) is 0 Å². The number of hydrogen-bond acceptors (Lipinski definition) is 10. The highest BCUT2D eigenvalue weighted by Gasteiger charge is 2.70. The van der Waals surface area contributed by atoms with Crippen LogP contribution in [0.15, 0.2) is 0 Å². The van der Waals surface area contributed by atoms with Crippen molar-refractivity contribution in [1.82, 2.24) is 0 Å². The lowest BCUT2D eigenvalue weighted by Crippen LogP contribution is -2.54. The van der Waals surface area contributed by atoms with Crippen molar-refractivity contribution in [2.24, 2.45) is 0 Å². The average Bonchev–Trinajstić information content (AvgIpc) is 3.62. The molecule has 2 saturated heterocycles. The van der Waals surface area contributed by atoms with Gasteiger partial charge in [0.2, 0.25) is 0 Å². The lowest BCUT2D eigenvalue weighted by Gasteiger charge is -2.32. The highest BCUT2D eigenvalue weighted by molar-refractivity contribution is 5.70. The van der Waals surface area contributed by atoms with Gasteiger partial charge in [-0.2, -0.15) is 0 Å². The molecule has 0 radical (unpaired) electrons. The third kappa shape index (κ3) is 11.1. The van der Waals surface area contributed by atoms with Gasteiger partial charge in [-0.3, -0.25) is 9.59 Å². The zero-order valence-corrected chi connectivity index (χ0v) is 22.6. The summed E-state index contributed by atoms with van der Waals surface area (Å²) in [5.41, 5.74) is 0. The molecule has 0 unspecified atom stereocenters. The number of carbonyl (C=O) groups is 2. The van der Waals surface area contributed by atoms with E-state index in [1.807, 2.05) is 0 Å². The van der Waals surface area contributed by atoms with Crippen molar-refractivity contribution in [2.75, 3.05) is 19.8 Å². The standard InChI is InChI=1S/C27H48O10/c1-3-5-7-9-10-11-12-14-16-23(30)35-20(18-33-22(29)15-13-8-6-4-2)19-34-27-26(37-27)25(32)24(31)21(17-28)36-27/h20-21,24-26,28,31-32H,3-19H2,1-2H3/t20-,21-,24+,25+,26-,27-/m1/s1. The second-order valence-corrected chi connectivity index (χ2v) is 10.1. The van der Waals surface area contributed by atoms with Crippen LogP contribution < -0.4 is 0 Å². The fourth-order valence-corrected chi connectivity index (χ4v) is 4.42. The van der Waals surface area contributed by atoms with Gasteiger partial charge in [0.1, 0.15) is 24.9 Å². The molecule has 0 spiro atoms. The van der Waals surface area contributed by atoms with Gasteiger partial charge in [-0.15, -0.1) is 0 Å². The van der Waals surface area contributed by atoms with E-state index in [1.54, 1.807) is 0 Å². The number of hydrogen-bond donors (Lipinski definition) is 3. The largest absolute Gasteiger partial charge is 0.462 e. The van der Waals surface area contributed by atoms with E-state index in [9.17, 15) is 24.9 Å². The number of fused-ring (bicyclic) bond motifs is 1. The Labute approximate surface area is 220 Å². The van der Waals surface area contributed by atoms with Crippen LogP contribution >= 0.6 is 0 Å². The van der Waals surface area contributed by atoms with Gasteiger partial charge in [0, 0.05) is 12.8 Å². The van der Waals surface area contributed by atoms with Crippen molar-refractivity contribution in [3.05, 3.63) is 0 Å². The van der Waals surface area contributed by atoms with E-state index >= 15 is 0 Å². The zero-order valence-electron chi connectivity index (χ0n) is 22.6. The van der Waals surface area contributed by atoms with Crippen LogP contribution in [0.25, 0.3) is 0 Å². The molecular weight excluding hydrogens is 484 g/mol. The van der Waals surface area contributed by atoms with Crippen LogP contribution in [0.5, 0.6) is 0 Å². The summed E-state index contributed by atoms with van der Waals surface area (Å²) in [5.74, 6) is -2.41. The Morgan fingerprint density at radius 3 is 1.97 bits per heavy atom. The molecule has 2 aliphatic heterocycles. The second-order valence-electron chi connectivity index (χ2n) is 10.1. The van der Waals surface area contributed by atoms with E-state index in [4.69, 9.17) is 23.7 Å². The number of ether oxygens (including phenoxy) is 5. The summed E-state index contributed by atoms with van der Waals surface area (Å²) in [6, 6.07) is 0. The van der Waals surface area contributed by atoms with E-state index in [1.165, 1.54) is 32.1 Å². The van der Waals surface area contributed by atoms with E-state index in [2.05, 4.69) is 13.8 Å². The SMILES string of the molecule is CCCCCCCCCCC(=O)O[C@H](COC(=O)CCCCCC)CO[C@]12O[C@@H]1[C@@H](O)[C@@H](O)[C@@H](CO)O2. The van der Waals surface area contributed by atoms with Gasteiger partial charge in [-0.05, 0) is 12.8 Å². The van der Waals surface area contributed by atoms with Crippen LogP contribution in [-0.4, -0.2) is 83.6 Å². The Morgan fingerprint density at radius 1 is 0.784 bits per heavy atom. The molecule has 6 atom stereocenters. The quantitative estimate of drug-likeness (QED) is 0.115. The average molecular weight is 533 g/mol. The molecule has 10 heteroatoms. The number of aliphatic hydroxyl groups is 3. The van der Waals surface area contributed by atoms with Crippen molar-refractivity contribution >= 4 is 11.9 Å². The van der Waals surface area contributed by atoms with Gasteiger partial charge in [-0.1, -0.05) is 78.1 Å². The molecule has 10 nitrogen and oxygen atoms in total. The smallest absolute Gasteiger partial charge is 0.315 e. The van der Waals surface area contributed by atoms with E-state index in [0.29, 0.717) is 6.42 Å². The first-order valence-electron chi connectivity index (χ1n) is 14.2. The van der Waals surface area contributed by atoms with Gasteiger partial charge >= 0.3 is 17.9 Å². The molecular formula is C27H48O10. The summed E-state index contributed by atoms with van der Waals surface area (Å²) in [6.45, 7) is 3.37. The summed E-state index contributed by atoms with van der Waals surface area (Å²) in [7, 11) is 0. The van der Waals surface area contributed by atoms with Gasteiger partial charge < -0.3 is 39.0 Å². The normalized spacial score (nSPS) is 27.4. The first-order valence-corrected chi connectivity index (χ1v) is 14.2. The molecule has 0 aromatic rings. The van der Waals surface area contributed by atoms with Crippen LogP contribution in [0.4, 0.5) is 0 Å². The predicted molar refractivity (Wildman–Crippen MR) is 134 cm³/mol. The number of epoxide rings is 1. The highest BCUT2D eigenvalue weighted by atomic mass is 17.0. The molecule has 0 aliphatic carbocycles. The molecule has 216 valence electrons. The zero-order chi connectivity index (χ0) is 27.1.